The third kappa shape index (κ3) is 5.13. The van der Waals surface area contributed by atoms with Crippen LogP contribution in [-0.4, -0.2) is 29.1 Å². The highest BCUT2D eigenvalue weighted by atomic mass is 79.9. The second-order valence-corrected chi connectivity index (χ2v) is 6.60. The largest absolute Gasteiger partial charge is 0.369 e. The summed E-state index contributed by atoms with van der Waals surface area (Å²) in [6.07, 6.45) is 4.98. The summed E-state index contributed by atoms with van der Waals surface area (Å²) in [6, 6.07) is 0.512. The molecule has 1 aromatic rings. The van der Waals surface area contributed by atoms with E-state index in [1.807, 2.05) is 0 Å². The minimum Gasteiger partial charge on any atom is -0.369 e. The monoisotopic (exact) mass is 356 g/mol. The van der Waals surface area contributed by atoms with Crippen LogP contribution in [0.5, 0.6) is 0 Å². The van der Waals surface area contributed by atoms with Crippen LogP contribution in [0.3, 0.4) is 0 Å². The molecule has 0 unspecified atom stereocenters. The second-order valence-electron chi connectivity index (χ2n) is 5.80. The number of hydrogen-bond donors (Lipinski definition) is 1. The van der Waals surface area contributed by atoms with Crippen molar-refractivity contribution in [3.63, 3.8) is 0 Å². The third-order valence-electron chi connectivity index (χ3n) is 3.53. The highest BCUT2D eigenvalue weighted by molar-refractivity contribution is 9.10. The molecule has 0 saturated heterocycles. The van der Waals surface area contributed by atoms with Crippen molar-refractivity contribution >= 4 is 27.6 Å². The summed E-state index contributed by atoms with van der Waals surface area (Å²) in [5.41, 5.74) is 0. The van der Waals surface area contributed by atoms with Gasteiger partial charge in [-0.2, -0.15) is 0 Å². The van der Waals surface area contributed by atoms with Crippen LogP contribution in [-0.2, 0) is 0 Å². The Labute approximate surface area is 137 Å². The first-order chi connectivity index (χ1) is 10.0. The average molecular weight is 357 g/mol. The zero-order valence-corrected chi connectivity index (χ0v) is 15.6. The van der Waals surface area contributed by atoms with E-state index < -0.39 is 0 Å². The SMILES string of the molecule is CCCNc1ncnc(N(CC(C)C)C(CC)CC)c1Br. The fourth-order valence-electron chi connectivity index (χ4n) is 2.46. The van der Waals surface area contributed by atoms with Crippen molar-refractivity contribution in [1.82, 2.24) is 9.97 Å². The van der Waals surface area contributed by atoms with Gasteiger partial charge in [-0.3, -0.25) is 0 Å². The maximum absolute atomic E-state index is 4.55. The predicted octanol–water partition coefficient (Wildman–Crippen LogP) is 4.71. The fraction of sp³-hybridized carbons (Fsp3) is 0.750. The van der Waals surface area contributed by atoms with E-state index in [9.17, 15) is 0 Å². The van der Waals surface area contributed by atoms with Crippen LogP contribution < -0.4 is 10.2 Å². The van der Waals surface area contributed by atoms with Crippen LogP contribution in [0.15, 0.2) is 10.8 Å². The number of anilines is 2. The molecule has 0 amide bonds. The maximum Gasteiger partial charge on any atom is 0.148 e. The van der Waals surface area contributed by atoms with E-state index in [0.717, 1.165) is 48.5 Å². The molecule has 0 bridgehead atoms. The first-order valence-electron chi connectivity index (χ1n) is 8.05. The van der Waals surface area contributed by atoms with E-state index in [-0.39, 0.29) is 0 Å². The van der Waals surface area contributed by atoms with Crippen LogP contribution in [0.4, 0.5) is 11.6 Å². The van der Waals surface area contributed by atoms with E-state index in [2.05, 4.69) is 70.7 Å². The summed E-state index contributed by atoms with van der Waals surface area (Å²) >= 11 is 3.70. The minimum atomic E-state index is 0.512. The minimum absolute atomic E-state index is 0.512. The lowest BCUT2D eigenvalue weighted by atomic mass is 10.1. The summed E-state index contributed by atoms with van der Waals surface area (Å²) in [5, 5.41) is 3.36. The van der Waals surface area contributed by atoms with Crippen molar-refractivity contribution in [2.24, 2.45) is 5.92 Å². The molecule has 4 nitrogen and oxygen atoms in total. The summed E-state index contributed by atoms with van der Waals surface area (Å²) in [5.74, 6) is 2.49. The molecule has 0 fully saturated rings. The lowest BCUT2D eigenvalue weighted by Gasteiger charge is -2.34. The van der Waals surface area contributed by atoms with Crippen molar-refractivity contribution in [2.75, 3.05) is 23.3 Å². The van der Waals surface area contributed by atoms with Crippen LogP contribution in [0.2, 0.25) is 0 Å². The molecule has 0 saturated carbocycles. The maximum atomic E-state index is 4.55. The first-order valence-corrected chi connectivity index (χ1v) is 8.85. The van der Waals surface area contributed by atoms with Crippen molar-refractivity contribution in [2.45, 2.75) is 59.9 Å². The highest BCUT2D eigenvalue weighted by Crippen LogP contribution is 2.32. The quantitative estimate of drug-likeness (QED) is 0.695. The normalized spacial score (nSPS) is 11.2. The van der Waals surface area contributed by atoms with Gasteiger partial charge in [0.2, 0.25) is 0 Å². The smallest absolute Gasteiger partial charge is 0.148 e. The van der Waals surface area contributed by atoms with Crippen molar-refractivity contribution in [3.05, 3.63) is 10.8 Å². The molecule has 0 aliphatic heterocycles. The van der Waals surface area contributed by atoms with E-state index in [4.69, 9.17) is 0 Å². The van der Waals surface area contributed by atoms with E-state index in [1.165, 1.54) is 0 Å². The van der Waals surface area contributed by atoms with Gasteiger partial charge in [-0.25, -0.2) is 9.97 Å². The van der Waals surface area contributed by atoms with Gasteiger partial charge in [0.1, 0.15) is 22.4 Å². The number of rotatable bonds is 9. The molecular weight excluding hydrogens is 328 g/mol. The van der Waals surface area contributed by atoms with Gasteiger partial charge in [0.15, 0.2) is 0 Å². The summed E-state index contributed by atoms with van der Waals surface area (Å²) in [6.45, 7) is 13.1. The Morgan fingerprint density at radius 3 is 2.38 bits per heavy atom. The van der Waals surface area contributed by atoms with E-state index in [0.29, 0.717) is 12.0 Å². The zero-order chi connectivity index (χ0) is 15.8. The Hall–Kier alpha value is -0.840. The van der Waals surface area contributed by atoms with Crippen molar-refractivity contribution in [3.8, 4) is 0 Å². The van der Waals surface area contributed by atoms with Crippen molar-refractivity contribution < 1.29 is 0 Å². The standard InChI is InChI=1S/C16H29BrN4/c1-6-9-18-15-14(17)16(20-11-19-15)21(10-12(4)5)13(7-2)8-3/h11-13H,6-10H2,1-5H3,(H,18,19,20). The molecule has 120 valence electrons. The van der Waals surface area contributed by atoms with Crippen LogP contribution >= 0.6 is 15.9 Å². The molecule has 21 heavy (non-hydrogen) atoms. The lowest BCUT2D eigenvalue weighted by molar-refractivity contribution is 0.502. The van der Waals surface area contributed by atoms with Gasteiger partial charge in [-0.15, -0.1) is 0 Å². The van der Waals surface area contributed by atoms with Gasteiger partial charge in [-0.05, 0) is 41.1 Å². The van der Waals surface area contributed by atoms with Crippen LogP contribution in [0.25, 0.3) is 0 Å². The number of nitrogens with zero attached hydrogens (tertiary/aromatic N) is 3. The summed E-state index contributed by atoms with van der Waals surface area (Å²) in [4.78, 5) is 11.3. The summed E-state index contributed by atoms with van der Waals surface area (Å²) in [7, 11) is 0. The predicted molar refractivity (Wildman–Crippen MR) is 95.1 cm³/mol. The zero-order valence-electron chi connectivity index (χ0n) is 14.0. The fourth-order valence-corrected chi connectivity index (χ4v) is 3.03. The molecule has 1 rings (SSSR count). The van der Waals surface area contributed by atoms with Gasteiger partial charge < -0.3 is 10.2 Å². The molecule has 5 heteroatoms. The van der Waals surface area contributed by atoms with Crippen LogP contribution in [0, 0.1) is 5.92 Å². The molecular formula is C16H29BrN4. The molecule has 0 aromatic carbocycles. The Bertz CT molecular complexity index is 419. The van der Waals surface area contributed by atoms with Crippen LogP contribution in [0.1, 0.15) is 53.9 Å². The Morgan fingerprint density at radius 1 is 1.19 bits per heavy atom. The molecule has 0 aliphatic carbocycles. The molecule has 0 atom stereocenters. The topological polar surface area (TPSA) is 41.1 Å². The van der Waals surface area contributed by atoms with Gasteiger partial charge in [-0.1, -0.05) is 34.6 Å². The Balaban J connectivity index is 3.11. The number of aromatic nitrogens is 2. The number of hydrogen-bond acceptors (Lipinski definition) is 4. The van der Waals surface area contributed by atoms with Gasteiger partial charge in [0, 0.05) is 19.1 Å². The molecule has 0 spiro atoms. The number of halogens is 1. The Morgan fingerprint density at radius 2 is 1.86 bits per heavy atom. The molecule has 1 N–H and O–H groups in total. The first kappa shape index (κ1) is 18.2. The van der Waals surface area contributed by atoms with E-state index in [1.54, 1.807) is 6.33 Å². The Kier molecular flexibility index (Phi) is 8.01. The van der Waals surface area contributed by atoms with Gasteiger partial charge >= 0.3 is 0 Å². The number of nitrogens with one attached hydrogen (secondary N) is 1. The molecule has 0 aliphatic rings. The van der Waals surface area contributed by atoms with Gasteiger partial charge in [0.05, 0.1) is 0 Å². The van der Waals surface area contributed by atoms with Crippen molar-refractivity contribution in [1.29, 1.82) is 0 Å². The van der Waals surface area contributed by atoms with Gasteiger partial charge in [0.25, 0.3) is 0 Å². The molecule has 0 radical (unpaired) electrons. The second kappa shape index (κ2) is 9.23. The highest BCUT2D eigenvalue weighted by Gasteiger charge is 2.22. The lowest BCUT2D eigenvalue weighted by Crippen LogP contribution is -2.38. The third-order valence-corrected chi connectivity index (χ3v) is 4.26. The molecule has 1 heterocycles. The average Bonchev–Trinajstić information content (AvgIpc) is 2.46. The molecule has 1 aromatic heterocycles. The van der Waals surface area contributed by atoms with E-state index >= 15 is 0 Å². The summed E-state index contributed by atoms with van der Waals surface area (Å²) < 4.78 is 0.978.